The molecule has 3 aliphatic rings. The van der Waals surface area contributed by atoms with Gasteiger partial charge in [-0.2, -0.15) is 0 Å². The predicted molar refractivity (Wildman–Crippen MR) is 95.5 cm³/mol. The Labute approximate surface area is 148 Å². The molecule has 2 saturated heterocycles. The van der Waals surface area contributed by atoms with E-state index in [4.69, 9.17) is 4.74 Å². The number of hydrogen-bond acceptors (Lipinski definition) is 3. The van der Waals surface area contributed by atoms with Crippen LogP contribution >= 0.6 is 0 Å². The Morgan fingerprint density at radius 3 is 2.88 bits per heavy atom. The van der Waals surface area contributed by atoms with E-state index in [0.717, 1.165) is 57.6 Å². The van der Waals surface area contributed by atoms with Crippen LogP contribution in [0.3, 0.4) is 0 Å². The van der Waals surface area contributed by atoms with Gasteiger partial charge >= 0.3 is 0 Å². The molecule has 0 aromatic heterocycles. The third-order valence-corrected chi connectivity index (χ3v) is 5.76. The lowest BCUT2D eigenvalue weighted by Gasteiger charge is -2.27. The third-order valence-electron chi connectivity index (χ3n) is 5.76. The summed E-state index contributed by atoms with van der Waals surface area (Å²) in [6.45, 7) is 3.73. The van der Waals surface area contributed by atoms with Crippen LogP contribution in [-0.4, -0.2) is 49.6 Å². The van der Waals surface area contributed by atoms with Crippen LogP contribution in [0, 0.1) is 5.92 Å². The maximum atomic E-state index is 13.0. The Kier molecular flexibility index (Phi) is 4.75. The molecule has 0 bridgehead atoms. The van der Waals surface area contributed by atoms with Crippen molar-refractivity contribution in [2.75, 3.05) is 37.7 Å². The van der Waals surface area contributed by atoms with Crippen molar-refractivity contribution < 1.29 is 14.3 Å². The first-order valence-electron chi connectivity index (χ1n) is 9.50. The van der Waals surface area contributed by atoms with Crippen molar-refractivity contribution in [3.8, 4) is 0 Å². The summed E-state index contributed by atoms with van der Waals surface area (Å²) in [6.07, 6.45) is 4.48. The Morgan fingerprint density at radius 2 is 2.12 bits per heavy atom. The zero-order valence-electron chi connectivity index (χ0n) is 14.7. The molecule has 0 saturated carbocycles. The van der Waals surface area contributed by atoms with Crippen LogP contribution in [0.1, 0.15) is 43.6 Å². The number of carbonyl (C=O) groups is 2. The molecule has 25 heavy (non-hydrogen) atoms. The van der Waals surface area contributed by atoms with Crippen molar-refractivity contribution in [3.05, 3.63) is 29.8 Å². The molecule has 0 aliphatic carbocycles. The van der Waals surface area contributed by atoms with Gasteiger partial charge in [-0.1, -0.05) is 18.2 Å². The van der Waals surface area contributed by atoms with Crippen LogP contribution in [0.25, 0.3) is 0 Å². The first kappa shape index (κ1) is 16.6. The van der Waals surface area contributed by atoms with Crippen molar-refractivity contribution in [3.63, 3.8) is 0 Å². The zero-order valence-corrected chi connectivity index (χ0v) is 14.7. The van der Waals surface area contributed by atoms with Gasteiger partial charge in [-0.25, -0.2) is 0 Å². The monoisotopic (exact) mass is 342 g/mol. The second-order valence-corrected chi connectivity index (χ2v) is 7.39. The van der Waals surface area contributed by atoms with Gasteiger partial charge in [0.15, 0.2) is 0 Å². The lowest BCUT2D eigenvalue weighted by Crippen LogP contribution is -2.39. The molecule has 0 spiro atoms. The molecular formula is C20H26N2O3. The Hall–Kier alpha value is -1.88. The van der Waals surface area contributed by atoms with Gasteiger partial charge < -0.3 is 14.5 Å². The van der Waals surface area contributed by atoms with Crippen LogP contribution in [0.5, 0.6) is 0 Å². The Morgan fingerprint density at radius 1 is 1.24 bits per heavy atom. The summed E-state index contributed by atoms with van der Waals surface area (Å²) in [7, 11) is 0. The number of amides is 2. The van der Waals surface area contributed by atoms with Gasteiger partial charge in [-0.05, 0) is 37.3 Å². The van der Waals surface area contributed by atoms with Crippen molar-refractivity contribution in [1.82, 2.24) is 4.90 Å². The molecule has 2 fully saturated rings. The van der Waals surface area contributed by atoms with E-state index in [-0.39, 0.29) is 17.7 Å². The third kappa shape index (κ3) is 3.30. The average Bonchev–Trinajstić information content (AvgIpc) is 3.23. The Bertz CT molecular complexity index is 654. The highest BCUT2D eigenvalue weighted by Gasteiger charge is 2.36. The first-order valence-corrected chi connectivity index (χ1v) is 9.50. The summed E-state index contributed by atoms with van der Waals surface area (Å²) in [4.78, 5) is 28.8. The van der Waals surface area contributed by atoms with E-state index < -0.39 is 0 Å². The average molecular weight is 342 g/mol. The van der Waals surface area contributed by atoms with Crippen molar-refractivity contribution in [1.29, 1.82) is 0 Å². The molecule has 1 aromatic carbocycles. The van der Waals surface area contributed by atoms with E-state index in [1.54, 1.807) is 0 Å². The van der Waals surface area contributed by atoms with Crippen LogP contribution in [0.15, 0.2) is 24.3 Å². The van der Waals surface area contributed by atoms with Gasteiger partial charge in [0, 0.05) is 44.3 Å². The summed E-state index contributed by atoms with van der Waals surface area (Å²) in [5.41, 5.74) is 2.30. The number of nitrogens with zero attached hydrogens (tertiary/aromatic N) is 2. The minimum atomic E-state index is -0.0132. The zero-order chi connectivity index (χ0) is 17.2. The topological polar surface area (TPSA) is 49.9 Å². The Balaban J connectivity index is 1.47. The summed E-state index contributed by atoms with van der Waals surface area (Å²) in [6, 6.07) is 8.24. The molecule has 0 radical (unpaired) electrons. The lowest BCUT2D eigenvalue weighted by molar-refractivity contribution is -0.128. The fourth-order valence-corrected chi connectivity index (χ4v) is 4.36. The molecule has 2 atom stereocenters. The van der Waals surface area contributed by atoms with E-state index in [2.05, 4.69) is 12.1 Å². The van der Waals surface area contributed by atoms with Gasteiger partial charge in [0.1, 0.15) is 0 Å². The molecule has 1 aromatic rings. The maximum Gasteiger partial charge on any atom is 0.232 e. The fraction of sp³-hybridized carbons (Fsp3) is 0.600. The van der Waals surface area contributed by atoms with Crippen LogP contribution < -0.4 is 4.90 Å². The van der Waals surface area contributed by atoms with Crippen LogP contribution in [0.2, 0.25) is 0 Å². The number of rotatable bonds is 4. The number of carbonyl (C=O) groups excluding carboxylic acids is 2. The standard InChI is InChI=1S/C20H26N2O3/c23-19-8-3-10-21(19)11-9-15-13-22(18-7-2-1-6-17(15)18)20(24)16-5-4-12-25-14-16/h1-2,6-7,15-16H,3-5,8-14H2/t15-,16-/m1/s1. The van der Waals surface area contributed by atoms with Gasteiger partial charge in [0.2, 0.25) is 11.8 Å². The maximum absolute atomic E-state index is 13.0. The SMILES string of the molecule is O=C1CCCN1CC[C@@H]1CN(C(=O)[C@@H]2CCCOC2)c2ccccc21. The summed E-state index contributed by atoms with van der Waals surface area (Å²) in [5, 5.41) is 0. The quantitative estimate of drug-likeness (QED) is 0.845. The number of ether oxygens (including phenoxy) is 1. The molecule has 3 heterocycles. The number of hydrogen-bond donors (Lipinski definition) is 0. The number of fused-ring (bicyclic) bond motifs is 1. The predicted octanol–water partition coefficient (Wildman–Crippen LogP) is 2.56. The minimum Gasteiger partial charge on any atom is -0.381 e. The number of para-hydroxylation sites is 1. The van der Waals surface area contributed by atoms with Gasteiger partial charge in [-0.3, -0.25) is 9.59 Å². The van der Waals surface area contributed by atoms with Crippen molar-refractivity contribution >= 4 is 17.5 Å². The van der Waals surface area contributed by atoms with E-state index in [9.17, 15) is 9.59 Å². The lowest BCUT2D eigenvalue weighted by atomic mass is 9.98. The second-order valence-electron chi connectivity index (χ2n) is 7.39. The molecule has 3 aliphatic heterocycles. The molecule has 0 unspecified atom stereocenters. The number of benzene rings is 1. The molecular weight excluding hydrogens is 316 g/mol. The minimum absolute atomic E-state index is 0.0132. The first-order chi connectivity index (χ1) is 12.2. The second kappa shape index (κ2) is 7.16. The summed E-state index contributed by atoms with van der Waals surface area (Å²) in [5.74, 6) is 0.782. The number of likely N-dealkylation sites (tertiary alicyclic amines) is 1. The highest BCUT2D eigenvalue weighted by molar-refractivity contribution is 5.97. The van der Waals surface area contributed by atoms with Crippen LogP contribution in [-0.2, 0) is 14.3 Å². The summed E-state index contributed by atoms with van der Waals surface area (Å²) < 4.78 is 5.51. The van der Waals surface area contributed by atoms with E-state index in [1.807, 2.05) is 21.9 Å². The molecule has 2 amide bonds. The van der Waals surface area contributed by atoms with E-state index in [1.165, 1.54) is 5.56 Å². The summed E-state index contributed by atoms with van der Waals surface area (Å²) >= 11 is 0. The molecule has 5 heteroatoms. The van der Waals surface area contributed by atoms with Gasteiger partial charge in [0.05, 0.1) is 12.5 Å². The van der Waals surface area contributed by atoms with Gasteiger partial charge in [-0.15, -0.1) is 0 Å². The van der Waals surface area contributed by atoms with Crippen molar-refractivity contribution in [2.45, 2.75) is 38.0 Å². The van der Waals surface area contributed by atoms with E-state index in [0.29, 0.717) is 18.9 Å². The smallest absolute Gasteiger partial charge is 0.232 e. The largest absolute Gasteiger partial charge is 0.381 e. The fourth-order valence-electron chi connectivity index (χ4n) is 4.36. The molecule has 134 valence electrons. The van der Waals surface area contributed by atoms with Crippen molar-refractivity contribution in [2.24, 2.45) is 5.92 Å². The molecule has 4 rings (SSSR count). The highest BCUT2D eigenvalue weighted by atomic mass is 16.5. The van der Waals surface area contributed by atoms with Crippen LogP contribution in [0.4, 0.5) is 5.69 Å². The normalized spacial score (nSPS) is 26.2. The number of anilines is 1. The molecule has 0 N–H and O–H groups in total. The molecule has 5 nitrogen and oxygen atoms in total. The van der Waals surface area contributed by atoms with Gasteiger partial charge in [0.25, 0.3) is 0 Å². The van der Waals surface area contributed by atoms with E-state index >= 15 is 0 Å². The highest BCUT2D eigenvalue weighted by Crippen LogP contribution is 2.39.